The van der Waals surface area contributed by atoms with E-state index in [1.165, 1.54) is 35.1 Å². The predicted octanol–water partition coefficient (Wildman–Crippen LogP) is 4.38. The SMILES string of the molecule is Cc1pc2ccccc2c(C=S)c1C. The van der Waals surface area contributed by atoms with E-state index >= 15 is 0 Å². The number of thiocarbonyl (C=S) groups is 1. The second-order valence-electron chi connectivity index (χ2n) is 3.37. The molecular weight excluding hydrogens is 207 g/mol. The van der Waals surface area contributed by atoms with Crippen LogP contribution in [0.3, 0.4) is 0 Å². The summed E-state index contributed by atoms with van der Waals surface area (Å²) in [5, 5.41) is 5.87. The molecule has 0 aliphatic heterocycles. The van der Waals surface area contributed by atoms with E-state index in [-0.39, 0.29) is 0 Å². The van der Waals surface area contributed by atoms with Crippen molar-refractivity contribution in [3.8, 4) is 0 Å². The first-order valence-electron chi connectivity index (χ1n) is 4.55. The molecule has 0 N–H and O–H groups in total. The van der Waals surface area contributed by atoms with Gasteiger partial charge in [-0.05, 0) is 41.7 Å². The fourth-order valence-corrected chi connectivity index (χ4v) is 3.04. The molecule has 2 heteroatoms. The Morgan fingerprint density at radius 2 is 1.93 bits per heavy atom. The number of hydrogen-bond acceptors (Lipinski definition) is 1. The summed E-state index contributed by atoms with van der Waals surface area (Å²) in [6.07, 6.45) is 0. The smallest absolute Gasteiger partial charge is 0.00992 e. The molecule has 0 spiro atoms. The minimum Gasteiger partial charge on any atom is -0.0880 e. The third kappa shape index (κ3) is 1.47. The third-order valence-corrected chi connectivity index (χ3v) is 4.08. The van der Waals surface area contributed by atoms with Gasteiger partial charge < -0.3 is 0 Å². The number of aryl methyl sites for hydroxylation is 1. The Bertz CT molecular complexity index is 503. The van der Waals surface area contributed by atoms with Crippen molar-refractivity contribution in [3.63, 3.8) is 0 Å². The summed E-state index contributed by atoms with van der Waals surface area (Å²) < 4.78 is 0. The van der Waals surface area contributed by atoms with Crippen molar-refractivity contribution in [1.82, 2.24) is 0 Å². The van der Waals surface area contributed by atoms with Crippen LogP contribution in [-0.2, 0) is 0 Å². The molecule has 0 unspecified atom stereocenters. The molecule has 0 radical (unpaired) electrons. The molecule has 70 valence electrons. The van der Waals surface area contributed by atoms with E-state index < -0.39 is 0 Å². The Hall–Kier alpha value is -0.780. The Morgan fingerprint density at radius 1 is 1.21 bits per heavy atom. The lowest BCUT2D eigenvalue weighted by atomic mass is 10.1. The van der Waals surface area contributed by atoms with Gasteiger partial charge in [-0.15, -0.1) is 0 Å². The fourth-order valence-electron chi connectivity index (χ4n) is 1.61. The molecule has 0 atom stereocenters. The Morgan fingerprint density at radius 3 is 2.64 bits per heavy atom. The van der Waals surface area contributed by atoms with Crippen LogP contribution in [0.1, 0.15) is 16.4 Å². The molecule has 2 rings (SSSR count). The maximum atomic E-state index is 5.08. The molecule has 0 fully saturated rings. The van der Waals surface area contributed by atoms with Gasteiger partial charge in [0.05, 0.1) is 0 Å². The van der Waals surface area contributed by atoms with Crippen LogP contribution in [0.2, 0.25) is 0 Å². The van der Waals surface area contributed by atoms with Crippen molar-refractivity contribution in [3.05, 3.63) is 40.7 Å². The molecule has 0 bridgehead atoms. The standard InChI is InChI=1S/C12H11PS/c1-8-9(2)13-12-6-4-3-5-10(12)11(8)7-14/h3-7H,1-2H3. The summed E-state index contributed by atoms with van der Waals surface area (Å²) >= 11 is 5.08. The van der Waals surface area contributed by atoms with E-state index in [2.05, 4.69) is 38.1 Å². The Labute approximate surface area is 91.1 Å². The van der Waals surface area contributed by atoms with Crippen LogP contribution < -0.4 is 0 Å². The maximum Gasteiger partial charge on any atom is 0.00992 e. The first kappa shape index (κ1) is 9.76. The highest BCUT2D eigenvalue weighted by molar-refractivity contribution is 7.79. The molecule has 1 aromatic heterocycles. The minimum atomic E-state index is 1.21. The number of benzene rings is 1. The number of rotatable bonds is 1. The van der Waals surface area contributed by atoms with E-state index in [9.17, 15) is 0 Å². The highest BCUT2D eigenvalue weighted by Gasteiger charge is 2.04. The van der Waals surface area contributed by atoms with Gasteiger partial charge in [-0.3, -0.25) is 0 Å². The summed E-state index contributed by atoms with van der Waals surface area (Å²) in [5.74, 6) is 0. The predicted molar refractivity (Wildman–Crippen MR) is 68.7 cm³/mol. The van der Waals surface area contributed by atoms with Gasteiger partial charge in [0.2, 0.25) is 0 Å². The van der Waals surface area contributed by atoms with Crippen LogP contribution in [0, 0.1) is 13.8 Å². The highest BCUT2D eigenvalue weighted by atomic mass is 32.1. The van der Waals surface area contributed by atoms with Crippen molar-refractivity contribution in [2.75, 3.05) is 0 Å². The van der Waals surface area contributed by atoms with E-state index in [1.54, 1.807) is 5.37 Å². The normalized spacial score (nSPS) is 11.0. The van der Waals surface area contributed by atoms with Crippen molar-refractivity contribution in [2.45, 2.75) is 13.8 Å². The topological polar surface area (TPSA) is 0 Å². The lowest BCUT2D eigenvalue weighted by Crippen LogP contribution is -1.88. The fraction of sp³-hybridized carbons (Fsp3) is 0.167. The van der Waals surface area contributed by atoms with Gasteiger partial charge >= 0.3 is 0 Å². The van der Waals surface area contributed by atoms with E-state index in [1.807, 2.05) is 0 Å². The third-order valence-electron chi connectivity index (χ3n) is 2.55. The maximum absolute atomic E-state index is 5.08. The molecule has 0 aliphatic rings. The monoisotopic (exact) mass is 218 g/mol. The Balaban J connectivity index is 2.96. The van der Waals surface area contributed by atoms with Crippen molar-refractivity contribution >= 4 is 36.3 Å². The second kappa shape index (κ2) is 3.76. The number of fused-ring (bicyclic) bond motifs is 1. The lowest BCUT2D eigenvalue weighted by Gasteiger charge is -2.08. The second-order valence-corrected chi connectivity index (χ2v) is 4.98. The van der Waals surface area contributed by atoms with Gasteiger partial charge in [-0.2, -0.15) is 0 Å². The molecule has 0 nitrogen and oxygen atoms in total. The lowest BCUT2D eigenvalue weighted by molar-refractivity contribution is 1.42. The van der Waals surface area contributed by atoms with Gasteiger partial charge in [0.1, 0.15) is 0 Å². The van der Waals surface area contributed by atoms with Crippen molar-refractivity contribution < 1.29 is 0 Å². The van der Waals surface area contributed by atoms with Crippen molar-refractivity contribution in [2.24, 2.45) is 0 Å². The van der Waals surface area contributed by atoms with Crippen LogP contribution in [0.15, 0.2) is 24.3 Å². The summed E-state index contributed by atoms with van der Waals surface area (Å²) in [7, 11) is 1.32. The van der Waals surface area contributed by atoms with Crippen LogP contribution >= 0.6 is 20.4 Å². The minimum absolute atomic E-state index is 1.21. The summed E-state index contributed by atoms with van der Waals surface area (Å²) in [6, 6.07) is 8.48. The van der Waals surface area contributed by atoms with Crippen LogP contribution in [-0.4, -0.2) is 5.37 Å². The van der Waals surface area contributed by atoms with Crippen LogP contribution in [0.5, 0.6) is 0 Å². The molecular formula is C12H11PS. The average molecular weight is 218 g/mol. The van der Waals surface area contributed by atoms with Gasteiger partial charge in [0.15, 0.2) is 0 Å². The molecule has 0 saturated heterocycles. The molecule has 0 amide bonds. The van der Waals surface area contributed by atoms with E-state index in [4.69, 9.17) is 12.2 Å². The zero-order valence-electron chi connectivity index (χ0n) is 8.24. The summed E-state index contributed by atoms with van der Waals surface area (Å²) in [4.78, 5) is 0. The van der Waals surface area contributed by atoms with Crippen LogP contribution in [0.25, 0.3) is 10.5 Å². The molecule has 1 heterocycles. The van der Waals surface area contributed by atoms with Gasteiger partial charge in [0, 0.05) is 10.5 Å². The quantitative estimate of drug-likeness (QED) is 0.640. The van der Waals surface area contributed by atoms with Crippen molar-refractivity contribution in [1.29, 1.82) is 0 Å². The largest absolute Gasteiger partial charge is 0.0880 e. The summed E-state index contributed by atoms with van der Waals surface area (Å²) in [6.45, 7) is 4.32. The molecule has 2 aromatic rings. The zero-order valence-corrected chi connectivity index (χ0v) is 9.95. The Kier molecular flexibility index (Phi) is 2.62. The molecule has 14 heavy (non-hydrogen) atoms. The average Bonchev–Trinajstić information content (AvgIpc) is 2.20. The van der Waals surface area contributed by atoms with Gasteiger partial charge in [-0.25, -0.2) is 0 Å². The molecule has 0 saturated carbocycles. The van der Waals surface area contributed by atoms with Gasteiger partial charge in [-0.1, -0.05) is 38.6 Å². The van der Waals surface area contributed by atoms with Crippen LogP contribution in [0.4, 0.5) is 0 Å². The number of hydrogen-bond donors (Lipinski definition) is 0. The molecule has 0 aliphatic carbocycles. The molecule has 1 aromatic carbocycles. The highest BCUT2D eigenvalue weighted by Crippen LogP contribution is 2.32. The van der Waals surface area contributed by atoms with Gasteiger partial charge in [0.25, 0.3) is 0 Å². The zero-order chi connectivity index (χ0) is 10.1. The summed E-state index contributed by atoms with van der Waals surface area (Å²) in [5.41, 5.74) is 2.55. The van der Waals surface area contributed by atoms with E-state index in [0.29, 0.717) is 0 Å². The van der Waals surface area contributed by atoms with E-state index in [0.717, 1.165) is 0 Å². The first-order chi connectivity index (χ1) is 6.74. The first-order valence-corrected chi connectivity index (χ1v) is 5.91.